The van der Waals surface area contributed by atoms with E-state index in [9.17, 15) is 4.79 Å². The van der Waals surface area contributed by atoms with Crippen LogP contribution in [0.4, 0.5) is 5.69 Å². The number of carbonyl (C=O) groups is 1. The molecule has 0 aliphatic rings. The minimum atomic E-state index is -0.435. The third kappa shape index (κ3) is 5.28. The average Bonchev–Trinajstić information content (AvgIpc) is 3.07. The second-order valence-electron chi connectivity index (χ2n) is 6.11. The highest BCUT2D eigenvalue weighted by Gasteiger charge is 2.20. The molecule has 0 bridgehead atoms. The van der Waals surface area contributed by atoms with Gasteiger partial charge in [-0.25, -0.2) is 0 Å². The number of nitriles is 1. The Bertz CT molecular complexity index is 1050. The number of nitrogens with zero attached hydrogens (tertiary/aromatic N) is 4. The molecule has 1 N–H and O–H groups in total. The first kappa shape index (κ1) is 20.7. The van der Waals surface area contributed by atoms with Gasteiger partial charge in [-0.1, -0.05) is 35.5 Å². The Balaban J connectivity index is 1.60. The molecule has 0 saturated carbocycles. The fourth-order valence-electron chi connectivity index (χ4n) is 2.39. The zero-order valence-corrected chi connectivity index (χ0v) is 17.4. The minimum absolute atomic E-state index is 0.223. The predicted octanol–water partition coefficient (Wildman–Crippen LogP) is 4.04. The van der Waals surface area contributed by atoms with Crippen molar-refractivity contribution in [3.63, 3.8) is 0 Å². The van der Waals surface area contributed by atoms with Crippen LogP contribution in [-0.4, -0.2) is 25.9 Å². The summed E-state index contributed by atoms with van der Waals surface area (Å²) in [6.45, 7) is 2.01. The van der Waals surface area contributed by atoms with Crippen molar-refractivity contribution in [3.8, 4) is 11.8 Å². The number of hydrogen-bond acceptors (Lipinski definition) is 6. The van der Waals surface area contributed by atoms with Gasteiger partial charge in [0.15, 0.2) is 11.0 Å². The normalized spacial score (nSPS) is 11.5. The first-order valence-electron chi connectivity index (χ1n) is 8.71. The van der Waals surface area contributed by atoms with Crippen LogP contribution in [0.25, 0.3) is 0 Å². The third-order valence-corrected chi connectivity index (χ3v) is 5.45. The number of nitrogens with one attached hydrogen (secondary N) is 1. The molecule has 7 nitrogen and oxygen atoms in total. The quantitative estimate of drug-likeness (QED) is 0.572. The second kappa shape index (κ2) is 9.45. The highest BCUT2D eigenvalue weighted by Crippen LogP contribution is 2.24. The largest absolute Gasteiger partial charge is 0.486 e. The number of thioether (sulfide) groups is 1. The standard InChI is InChI=1S/C20H18ClN5O2S/c1-13(19(27)23-17-6-4-3-5-14(17)11-22)29-20-25-24-18(26(20)2)12-28-16-9-7-15(21)8-10-16/h3-10,13H,12H2,1-2H3,(H,23,27). The molecule has 3 rings (SSSR count). The van der Waals surface area contributed by atoms with E-state index in [1.54, 1.807) is 60.0 Å². The maximum atomic E-state index is 12.5. The van der Waals surface area contributed by atoms with E-state index >= 15 is 0 Å². The van der Waals surface area contributed by atoms with Crippen LogP contribution >= 0.6 is 23.4 Å². The van der Waals surface area contributed by atoms with Crippen LogP contribution in [0.2, 0.25) is 5.02 Å². The van der Waals surface area contributed by atoms with Gasteiger partial charge in [0, 0.05) is 12.1 Å². The van der Waals surface area contributed by atoms with E-state index in [2.05, 4.69) is 21.6 Å². The summed E-state index contributed by atoms with van der Waals surface area (Å²) in [4.78, 5) is 12.5. The monoisotopic (exact) mass is 427 g/mol. The first-order chi connectivity index (χ1) is 14.0. The lowest BCUT2D eigenvalue weighted by Crippen LogP contribution is -2.23. The number of ether oxygens (including phenoxy) is 1. The molecular weight excluding hydrogens is 410 g/mol. The Kier molecular flexibility index (Phi) is 6.75. The second-order valence-corrected chi connectivity index (χ2v) is 7.85. The van der Waals surface area contributed by atoms with E-state index < -0.39 is 5.25 Å². The number of benzene rings is 2. The molecule has 1 heterocycles. The fourth-order valence-corrected chi connectivity index (χ4v) is 3.35. The van der Waals surface area contributed by atoms with Gasteiger partial charge in [0.2, 0.25) is 5.91 Å². The molecule has 29 heavy (non-hydrogen) atoms. The molecular formula is C20H18ClN5O2S. The molecule has 148 valence electrons. The molecule has 0 fully saturated rings. The molecule has 1 aromatic heterocycles. The Labute approximate surface area is 177 Å². The molecule has 1 atom stereocenters. The SMILES string of the molecule is CC(Sc1nnc(COc2ccc(Cl)cc2)n1C)C(=O)Nc1ccccc1C#N. The Morgan fingerprint density at radius 3 is 2.72 bits per heavy atom. The maximum Gasteiger partial charge on any atom is 0.237 e. The molecule has 2 aromatic carbocycles. The van der Waals surface area contributed by atoms with Gasteiger partial charge in [0.1, 0.15) is 18.4 Å². The molecule has 1 amide bonds. The number of halogens is 1. The van der Waals surface area contributed by atoms with Gasteiger partial charge >= 0.3 is 0 Å². The molecule has 1 unspecified atom stereocenters. The molecule has 3 aromatic rings. The summed E-state index contributed by atoms with van der Waals surface area (Å²) in [7, 11) is 1.82. The van der Waals surface area contributed by atoms with E-state index in [1.807, 2.05) is 7.05 Å². The highest BCUT2D eigenvalue weighted by molar-refractivity contribution is 8.00. The van der Waals surface area contributed by atoms with Gasteiger partial charge in [-0.3, -0.25) is 4.79 Å². The Hall–Kier alpha value is -3.02. The van der Waals surface area contributed by atoms with Crippen molar-refractivity contribution < 1.29 is 9.53 Å². The lowest BCUT2D eigenvalue weighted by molar-refractivity contribution is -0.115. The maximum absolute atomic E-state index is 12.5. The summed E-state index contributed by atoms with van der Waals surface area (Å²) in [6, 6.07) is 16.0. The minimum Gasteiger partial charge on any atom is -0.486 e. The van der Waals surface area contributed by atoms with Crippen LogP contribution in [0.5, 0.6) is 5.75 Å². The number of amides is 1. The number of anilines is 1. The molecule has 0 aliphatic heterocycles. The summed E-state index contributed by atoms with van der Waals surface area (Å²) in [6.07, 6.45) is 0. The zero-order chi connectivity index (χ0) is 20.8. The summed E-state index contributed by atoms with van der Waals surface area (Å²) >= 11 is 7.14. The topological polar surface area (TPSA) is 92.8 Å². The van der Waals surface area contributed by atoms with Gasteiger partial charge in [-0.05, 0) is 43.3 Å². The van der Waals surface area contributed by atoms with Crippen molar-refractivity contribution in [3.05, 3.63) is 64.9 Å². The van der Waals surface area contributed by atoms with Crippen LogP contribution in [0.1, 0.15) is 18.3 Å². The lowest BCUT2D eigenvalue weighted by atomic mass is 10.2. The Morgan fingerprint density at radius 1 is 1.28 bits per heavy atom. The molecule has 0 spiro atoms. The predicted molar refractivity (Wildman–Crippen MR) is 112 cm³/mol. The van der Waals surface area contributed by atoms with Crippen molar-refractivity contribution in [1.82, 2.24) is 14.8 Å². The van der Waals surface area contributed by atoms with E-state index in [-0.39, 0.29) is 12.5 Å². The number of aromatic nitrogens is 3. The van der Waals surface area contributed by atoms with E-state index in [0.29, 0.717) is 33.0 Å². The lowest BCUT2D eigenvalue weighted by Gasteiger charge is -2.12. The van der Waals surface area contributed by atoms with Crippen molar-refractivity contribution in [1.29, 1.82) is 5.26 Å². The summed E-state index contributed by atoms with van der Waals surface area (Å²) in [5.41, 5.74) is 0.904. The number of carbonyl (C=O) groups excluding carboxylic acids is 1. The van der Waals surface area contributed by atoms with Crippen molar-refractivity contribution >= 4 is 35.0 Å². The van der Waals surface area contributed by atoms with Gasteiger partial charge < -0.3 is 14.6 Å². The molecule has 0 radical (unpaired) electrons. The summed E-state index contributed by atoms with van der Waals surface area (Å²) in [5.74, 6) is 1.08. The van der Waals surface area contributed by atoms with Gasteiger partial charge in [-0.15, -0.1) is 10.2 Å². The van der Waals surface area contributed by atoms with Crippen LogP contribution in [0.15, 0.2) is 53.7 Å². The number of hydrogen-bond donors (Lipinski definition) is 1. The van der Waals surface area contributed by atoms with Crippen molar-refractivity contribution in [2.75, 3.05) is 5.32 Å². The van der Waals surface area contributed by atoms with Crippen LogP contribution in [0.3, 0.4) is 0 Å². The summed E-state index contributed by atoms with van der Waals surface area (Å²) < 4.78 is 7.48. The smallest absolute Gasteiger partial charge is 0.237 e. The molecule has 0 saturated heterocycles. The van der Waals surface area contributed by atoms with Gasteiger partial charge in [0.25, 0.3) is 0 Å². The highest BCUT2D eigenvalue weighted by atomic mass is 35.5. The fraction of sp³-hybridized carbons (Fsp3) is 0.200. The average molecular weight is 428 g/mol. The van der Waals surface area contributed by atoms with E-state index in [1.165, 1.54) is 11.8 Å². The molecule has 0 aliphatic carbocycles. The van der Waals surface area contributed by atoms with Crippen LogP contribution in [-0.2, 0) is 18.4 Å². The molecule has 9 heteroatoms. The Morgan fingerprint density at radius 2 is 2.00 bits per heavy atom. The number of para-hydroxylation sites is 1. The van der Waals surface area contributed by atoms with E-state index in [4.69, 9.17) is 21.6 Å². The van der Waals surface area contributed by atoms with Gasteiger partial charge in [0.05, 0.1) is 16.5 Å². The van der Waals surface area contributed by atoms with Crippen LogP contribution < -0.4 is 10.1 Å². The van der Waals surface area contributed by atoms with Crippen molar-refractivity contribution in [2.24, 2.45) is 7.05 Å². The first-order valence-corrected chi connectivity index (χ1v) is 9.97. The van der Waals surface area contributed by atoms with Gasteiger partial charge in [-0.2, -0.15) is 5.26 Å². The van der Waals surface area contributed by atoms with Crippen LogP contribution in [0, 0.1) is 11.3 Å². The third-order valence-electron chi connectivity index (χ3n) is 4.06. The number of rotatable bonds is 7. The summed E-state index contributed by atoms with van der Waals surface area (Å²) in [5, 5.41) is 21.0. The zero-order valence-electron chi connectivity index (χ0n) is 15.8. The van der Waals surface area contributed by atoms with E-state index in [0.717, 1.165) is 0 Å². The van der Waals surface area contributed by atoms with Crippen molar-refractivity contribution in [2.45, 2.75) is 23.9 Å².